The molecule has 0 fully saturated rings. The number of nitrogens with zero attached hydrogens (tertiary/aromatic N) is 3. The Morgan fingerprint density at radius 2 is 1.54 bits per heavy atom. The Bertz CT molecular complexity index is 1350. The van der Waals surface area contributed by atoms with Crippen molar-refractivity contribution in [3.63, 3.8) is 0 Å². The lowest BCUT2D eigenvalue weighted by Gasteiger charge is -2.22. The van der Waals surface area contributed by atoms with E-state index in [1.807, 2.05) is 59.7 Å². The van der Waals surface area contributed by atoms with E-state index in [0.29, 0.717) is 30.3 Å². The molecule has 0 atom stereocenters. The first-order valence-corrected chi connectivity index (χ1v) is 17.5. The zero-order chi connectivity index (χ0) is 31.7. The maximum atomic E-state index is 12.7. The molecule has 0 saturated carbocycles. The van der Waals surface area contributed by atoms with Crippen molar-refractivity contribution in [3.8, 4) is 5.75 Å². The van der Waals surface area contributed by atoms with Crippen LogP contribution < -0.4 is 26.6 Å². The molecule has 248 valence electrons. The summed E-state index contributed by atoms with van der Waals surface area (Å²) in [5.41, 5.74) is 3.82. The molecule has 0 radical (unpaired) electrons. The average Bonchev–Trinajstić information content (AvgIpc) is 3.45. The normalized spacial score (nSPS) is 13.1. The van der Waals surface area contributed by atoms with Crippen LogP contribution in [-0.4, -0.2) is 23.2 Å². The topological polar surface area (TPSA) is 45.1 Å². The summed E-state index contributed by atoms with van der Waals surface area (Å²) in [7, 11) is 0. The molecule has 2 aliphatic rings. The van der Waals surface area contributed by atoms with Gasteiger partial charge in [0.25, 0.3) is 0 Å². The third-order valence-corrected chi connectivity index (χ3v) is 8.79. The van der Waals surface area contributed by atoms with E-state index < -0.39 is 0 Å². The number of halogens is 2. The van der Waals surface area contributed by atoms with E-state index in [9.17, 15) is 4.79 Å². The molecule has 0 spiro atoms. The first kappa shape index (κ1) is 37.5. The number of allylic oxidation sites excluding steroid dienone is 3. The van der Waals surface area contributed by atoms with Gasteiger partial charge in [0.15, 0.2) is 6.20 Å². The van der Waals surface area contributed by atoms with Crippen molar-refractivity contribution in [2.45, 2.75) is 117 Å². The fourth-order valence-corrected chi connectivity index (χ4v) is 6.14. The van der Waals surface area contributed by atoms with Crippen LogP contribution in [0.4, 0.5) is 5.69 Å². The molecule has 2 aromatic carbocycles. The number of carbonyl (C=O) groups is 1. The molecule has 0 aromatic heterocycles. The highest BCUT2D eigenvalue weighted by Gasteiger charge is 2.28. The zero-order valence-corrected chi connectivity index (χ0v) is 30.1. The molecule has 0 saturated heterocycles. The predicted molar refractivity (Wildman–Crippen MR) is 189 cm³/mol. The van der Waals surface area contributed by atoms with Crippen LogP contribution >= 0.6 is 11.6 Å². The van der Waals surface area contributed by atoms with Gasteiger partial charge in [0.2, 0.25) is 17.4 Å². The largest absolute Gasteiger partial charge is 1.00 e. The van der Waals surface area contributed by atoms with E-state index in [2.05, 4.69) is 30.2 Å². The number of aliphatic imine (C=N–C) groups is 1. The van der Waals surface area contributed by atoms with Crippen LogP contribution in [0.25, 0.3) is 0 Å². The van der Waals surface area contributed by atoms with Gasteiger partial charge in [-0.2, -0.15) is 0 Å². The minimum atomic E-state index is -0.0269. The van der Waals surface area contributed by atoms with Gasteiger partial charge in [0.05, 0.1) is 30.7 Å². The molecular weight excluding hydrogens is 658 g/mol. The summed E-state index contributed by atoms with van der Waals surface area (Å²) in [5, 5.41) is 0.581. The number of carbonyl (C=O) groups excluding carboxylic acids is 1. The van der Waals surface area contributed by atoms with Gasteiger partial charge >= 0.3 is 0 Å². The smallest absolute Gasteiger partial charge is 0.247 e. The fourth-order valence-electron chi connectivity index (χ4n) is 5.88. The summed E-state index contributed by atoms with van der Waals surface area (Å²) in [4.78, 5) is 21.0. The minimum Gasteiger partial charge on any atom is -1.00 e. The molecule has 0 unspecified atom stereocenters. The molecular formula is C39H51BrClN3O2. The number of hydrogen-bond donors (Lipinski definition) is 0. The van der Waals surface area contributed by atoms with Crippen molar-refractivity contribution in [1.29, 1.82) is 0 Å². The first-order chi connectivity index (χ1) is 22.0. The lowest BCUT2D eigenvalue weighted by Crippen LogP contribution is -3.00. The van der Waals surface area contributed by atoms with Crippen LogP contribution in [0.2, 0.25) is 5.02 Å². The summed E-state index contributed by atoms with van der Waals surface area (Å²) in [6.07, 6.45) is 30.4. The van der Waals surface area contributed by atoms with E-state index in [0.717, 1.165) is 34.8 Å². The molecule has 0 bridgehead atoms. The summed E-state index contributed by atoms with van der Waals surface area (Å²) in [6.45, 7) is 4.98. The summed E-state index contributed by atoms with van der Waals surface area (Å²) < 4.78 is 6.01. The van der Waals surface area contributed by atoms with Crippen molar-refractivity contribution in [3.05, 3.63) is 94.9 Å². The van der Waals surface area contributed by atoms with E-state index >= 15 is 0 Å². The molecule has 0 N–H and O–H groups in total. The van der Waals surface area contributed by atoms with Crippen molar-refractivity contribution in [2.24, 2.45) is 4.99 Å². The highest BCUT2D eigenvalue weighted by atomic mass is 79.9. The predicted octanol–water partition coefficient (Wildman–Crippen LogP) is 7.74. The summed E-state index contributed by atoms with van der Waals surface area (Å²) in [6, 6.07) is 13.9. The Morgan fingerprint density at radius 1 is 0.870 bits per heavy atom. The van der Waals surface area contributed by atoms with E-state index in [-0.39, 0.29) is 22.9 Å². The Kier molecular flexibility index (Phi) is 17.2. The molecule has 1 amide bonds. The molecule has 2 heterocycles. The lowest BCUT2D eigenvalue weighted by atomic mass is 10.0. The van der Waals surface area contributed by atoms with Gasteiger partial charge in [0, 0.05) is 18.8 Å². The maximum absolute atomic E-state index is 12.7. The molecule has 2 aromatic rings. The highest BCUT2D eigenvalue weighted by Crippen LogP contribution is 2.28. The molecule has 2 aliphatic heterocycles. The van der Waals surface area contributed by atoms with Crippen LogP contribution in [0, 0.1) is 6.20 Å². The number of amidine groups is 1. The number of benzene rings is 2. The molecule has 0 aliphatic carbocycles. The minimum absolute atomic E-state index is 0. The Labute approximate surface area is 293 Å². The van der Waals surface area contributed by atoms with Gasteiger partial charge in [0.1, 0.15) is 5.75 Å². The van der Waals surface area contributed by atoms with Crippen LogP contribution in [0.5, 0.6) is 5.75 Å². The standard InChI is InChI=1S/C39H51ClN3O2.BrH/c1-3-4-5-6-7-8-9-10-11-12-13-14-15-18-26-45-38-24-23-34(28-37(38)40)31-43(32(2)44)35-22-19-20-33(27-35)29-39-41-30-36-21-16-17-25-42(36)39;/h16-17,19-25,27-28H,3-15,18,26,29,31H2,1-2H3;1H/q+1;/p-1. The van der Waals surface area contributed by atoms with Crippen molar-refractivity contribution in [1.82, 2.24) is 4.90 Å². The molecule has 4 rings (SSSR count). The van der Waals surface area contributed by atoms with Gasteiger partial charge in [-0.3, -0.25) is 4.79 Å². The lowest BCUT2D eigenvalue weighted by molar-refractivity contribution is -0.116. The third kappa shape index (κ3) is 12.4. The zero-order valence-electron chi connectivity index (χ0n) is 27.8. The second-order valence-corrected chi connectivity index (χ2v) is 12.7. The van der Waals surface area contributed by atoms with Crippen LogP contribution in [0.15, 0.2) is 77.6 Å². The molecule has 46 heavy (non-hydrogen) atoms. The van der Waals surface area contributed by atoms with Crippen molar-refractivity contribution >= 4 is 29.0 Å². The number of unbranched alkanes of at least 4 members (excludes halogenated alkanes) is 13. The van der Waals surface area contributed by atoms with Crippen LogP contribution in [-0.2, 0) is 17.8 Å². The van der Waals surface area contributed by atoms with Gasteiger partial charge in [-0.1, -0.05) is 125 Å². The number of ether oxygens (including phenoxy) is 1. The number of amides is 1. The van der Waals surface area contributed by atoms with E-state index in [1.54, 1.807) is 11.8 Å². The van der Waals surface area contributed by atoms with Gasteiger partial charge in [-0.25, -0.2) is 4.90 Å². The van der Waals surface area contributed by atoms with Gasteiger partial charge in [-0.15, -0.1) is 0 Å². The number of fused-ring (bicyclic) bond motifs is 1. The second kappa shape index (κ2) is 21.1. The van der Waals surface area contributed by atoms with Crippen molar-refractivity contribution < 1.29 is 26.5 Å². The monoisotopic (exact) mass is 707 g/mol. The Hall–Kier alpha value is -2.92. The molecule has 5 nitrogen and oxygen atoms in total. The first-order valence-electron chi connectivity index (χ1n) is 17.2. The quantitative estimate of drug-likeness (QED) is 0.0985. The number of rotatable bonds is 21. The number of hydrogen-bond acceptors (Lipinski definition) is 4. The molecule has 7 heteroatoms. The maximum Gasteiger partial charge on any atom is 0.247 e. The van der Waals surface area contributed by atoms with Gasteiger partial charge in [-0.05, 0) is 54.0 Å². The summed E-state index contributed by atoms with van der Waals surface area (Å²) in [5.74, 6) is 1.59. The van der Waals surface area contributed by atoms with E-state index in [4.69, 9.17) is 16.3 Å². The van der Waals surface area contributed by atoms with Crippen LogP contribution in [0.1, 0.15) is 115 Å². The number of anilines is 1. The van der Waals surface area contributed by atoms with Crippen molar-refractivity contribution in [2.75, 3.05) is 11.5 Å². The van der Waals surface area contributed by atoms with Gasteiger partial charge < -0.3 is 26.6 Å². The second-order valence-electron chi connectivity index (χ2n) is 12.3. The highest BCUT2D eigenvalue weighted by molar-refractivity contribution is 6.32. The average molecular weight is 709 g/mol. The Balaban J connectivity index is 0.00000576. The van der Waals surface area contributed by atoms with Crippen LogP contribution in [0.3, 0.4) is 0 Å². The van der Waals surface area contributed by atoms with E-state index in [1.165, 1.54) is 83.5 Å². The fraction of sp³-hybridized carbons (Fsp3) is 0.487. The third-order valence-electron chi connectivity index (χ3n) is 8.49. The summed E-state index contributed by atoms with van der Waals surface area (Å²) >= 11 is 6.62. The Morgan fingerprint density at radius 3 is 2.20 bits per heavy atom. The SMILES string of the molecule is CCCCCCCCCCCCCCCCOc1ccc(CN(C(C)=O)c2cccc(CC3=N[C+]=C4C=CC=CN43)c2)cc1Cl.[Br-].